The zero-order valence-electron chi connectivity index (χ0n) is 16.2. The van der Waals surface area contributed by atoms with Crippen LogP contribution in [-0.4, -0.2) is 41.4 Å². The molecule has 0 unspecified atom stereocenters. The number of benzene rings is 1. The van der Waals surface area contributed by atoms with Crippen molar-refractivity contribution in [2.24, 2.45) is 5.73 Å². The zero-order chi connectivity index (χ0) is 19.9. The van der Waals surface area contributed by atoms with Crippen LogP contribution in [0.5, 0.6) is 0 Å². The molecule has 7 nitrogen and oxygen atoms in total. The van der Waals surface area contributed by atoms with E-state index in [4.69, 9.17) is 5.73 Å². The number of amides is 4. The third kappa shape index (κ3) is 5.21. The highest BCUT2D eigenvalue weighted by Crippen LogP contribution is 2.30. The fourth-order valence-corrected chi connectivity index (χ4v) is 3.61. The number of nitrogens with one attached hydrogen (secondary N) is 2. The molecule has 4 N–H and O–H groups in total. The summed E-state index contributed by atoms with van der Waals surface area (Å²) < 4.78 is 0. The molecule has 0 radical (unpaired) electrons. The van der Waals surface area contributed by atoms with Gasteiger partial charge in [-0.3, -0.25) is 9.59 Å². The summed E-state index contributed by atoms with van der Waals surface area (Å²) in [5.41, 5.74) is 5.59. The maximum atomic E-state index is 13.1. The molecule has 1 aromatic rings. The molecule has 0 heterocycles. The molecule has 0 aromatic heterocycles. The quantitative estimate of drug-likeness (QED) is 0.681. The van der Waals surface area contributed by atoms with Crippen LogP contribution in [0.1, 0.15) is 61.9 Å². The Bertz CT molecular complexity index is 662. The summed E-state index contributed by atoms with van der Waals surface area (Å²) in [5, 5.41) is 5.56. The number of hydrogen-bond acceptors (Lipinski definition) is 3. The number of primary amides is 1. The second-order valence-electron chi connectivity index (χ2n) is 6.99. The number of rotatable bonds is 7. The second kappa shape index (κ2) is 9.39. The van der Waals surface area contributed by atoms with E-state index in [0.29, 0.717) is 38.0 Å². The van der Waals surface area contributed by atoms with Crippen molar-refractivity contribution in [3.8, 4) is 0 Å². The molecule has 4 amide bonds. The van der Waals surface area contributed by atoms with Crippen LogP contribution in [0.25, 0.3) is 0 Å². The van der Waals surface area contributed by atoms with Crippen molar-refractivity contribution >= 4 is 17.8 Å². The van der Waals surface area contributed by atoms with Crippen LogP contribution in [0, 0.1) is 0 Å². The normalized spacial score (nSPS) is 15.6. The molecule has 148 valence electrons. The fraction of sp³-hybridized carbons (Fsp3) is 0.550. The molecular formula is C20H30N4O3. The van der Waals surface area contributed by atoms with Crippen molar-refractivity contribution in [1.29, 1.82) is 0 Å². The molecule has 1 aromatic carbocycles. The minimum Gasteiger partial charge on any atom is -0.352 e. The lowest BCUT2D eigenvalue weighted by Crippen LogP contribution is -2.60. The Labute approximate surface area is 160 Å². The van der Waals surface area contributed by atoms with Crippen molar-refractivity contribution in [3.63, 3.8) is 0 Å². The summed E-state index contributed by atoms with van der Waals surface area (Å²) in [7, 11) is 0. The van der Waals surface area contributed by atoms with Crippen LogP contribution >= 0.6 is 0 Å². The molecule has 1 saturated carbocycles. The maximum absolute atomic E-state index is 13.1. The van der Waals surface area contributed by atoms with Gasteiger partial charge in [-0.15, -0.1) is 0 Å². The predicted octanol–water partition coefficient (Wildman–Crippen LogP) is 2.16. The Morgan fingerprint density at radius 2 is 1.63 bits per heavy atom. The van der Waals surface area contributed by atoms with Crippen molar-refractivity contribution < 1.29 is 14.4 Å². The first-order valence-corrected chi connectivity index (χ1v) is 9.66. The first-order valence-electron chi connectivity index (χ1n) is 9.66. The molecule has 27 heavy (non-hydrogen) atoms. The SMILES string of the molecule is CCN(CC)C(=O)C1(NC(=O)c2ccc(CNC(N)=O)cc2)CCCCC1. The smallest absolute Gasteiger partial charge is 0.312 e. The molecule has 0 bridgehead atoms. The summed E-state index contributed by atoms with van der Waals surface area (Å²) in [4.78, 5) is 38.5. The maximum Gasteiger partial charge on any atom is 0.312 e. The van der Waals surface area contributed by atoms with E-state index in [0.717, 1.165) is 24.8 Å². The number of carbonyl (C=O) groups excluding carboxylic acids is 3. The summed E-state index contributed by atoms with van der Waals surface area (Å²) in [6.07, 6.45) is 4.31. The largest absolute Gasteiger partial charge is 0.352 e. The van der Waals surface area contributed by atoms with Gasteiger partial charge in [0.1, 0.15) is 5.54 Å². The topological polar surface area (TPSA) is 105 Å². The van der Waals surface area contributed by atoms with E-state index in [1.807, 2.05) is 13.8 Å². The summed E-state index contributed by atoms with van der Waals surface area (Å²) in [5.74, 6) is -0.227. The number of likely N-dealkylation sites (N-methyl/N-ethyl adjacent to an activating group) is 1. The zero-order valence-corrected chi connectivity index (χ0v) is 16.2. The first kappa shape index (κ1) is 20.7. The Morgan fingerprint density at radius 3 is 2.15 bits per heavy atom. The van der Waals surface area contributed by atoms with Gasteiger partial charge in [-0.2, -0.15) is 0 Å². The van der Waals surface area contributed by atoms with Gasteiger partial charge in [0.25, 0.3) is 5.91 Å². The minimum absolute atomic E-state index is 0.0165. The lowest BCUT2D eigenvalue weighted by molar-refractivity contribution is -0.139. The third-order valence-corrected chi connectivity index (χ3v) is 5.20. The van der Waals surface area contributed by atoms with Gasteiger partial charge < -0.3 is 21.3 Å². The van der Waals surface area contributed by atoms with E-state index in [2.05, 4.69) is 10.6 Å². The predicted molar refractivity (Wildman–Crippen MR) is 104 cm³/mol. The fourth-order valence-electron chi connectivity index (χ4n) is 3.61. The van der Waals surface area contributed by atoms with E-state index < -0.39 is 11.6 Å². The second-order valence-corrected chi connectivity index (χ2v) is 6.99. The van der Waals surface area contributed by atoms with E-state index >= 15 is 0 Å². The van der Waals surface area contributed by atoms with Crippen molar-refractivity contribution in [2.45, 2.75) is 58.0 Å². The monoisotopic (exact) mass is 374 g/mol. The number of nitrogens with two attached hydrogens (primary N) is 1. The van der Waals surface area contributed by atoms with Gasteiger partial charge in [-0.1, -0.05) is 31.4 Å². The molecule has 0 atom stereocenters. The third-order valence-electron chi connectivity index (χ3n) is 5.20. The van der Waals surface area contributed by atoms with Gasteiger partial charge in [-0.25, -0.2) is 4.79 Å². The molecule has 0 spiro atoms. The van der Waals surface area contributed by atoms with Gasteiger partial charge in [0.2, 0.25) is 5.91 Å². The van der Waals surface area contributed by atoms with Crippen LogP contribution in [-0.2, 0) is 11.3 Å². The first-order chi connectivity index (χ1) is 12.9. The van der Waals surface area contributed by atoms with Crippen molar-refractivity contribution in [3.05, 3.63) is 35.4 Å². The average molecular weight is 374 g/mol. The highest BCUT2D eigenvalue weighted by atomic mass is 16.2. The number of nitrogens with zero attached hydrogens (tertiary/aromatic N) is 1. The molecule has 1 aliphatic rings. The van der Waals surface area contributed by atoms with Gasteiger partial charge in [0.15, 0.2) is 0 Å². The van der Waals surface area contributed by atoms with E-state index in [9.17, 15) is 14.4 Å². The molecular weight excluding hydrogens is 344 g/mol. The Kier molecular flexibility index (Phi) is 7.21. The van der Waals surface area contributed by atoms with Gasteiger partial charge >= 0.3 is 6.03 Å². The number of carbonyl (C=O) groups is 3. The van der Waals surface area contributed by atoms with Crippen molar-refractivity contribution in [2.75, 3.05) is 13.1 Å². The summed E-state index contributed by atoms with van der Waals surface area (Å²) in [6.45, 7) is 5.49. The Morgan fingerprint density at radius 1 is 1.04 bits per heavy atom. The Balaban J connectivity index is 2.13. The van der Waals surface area contributed by atoms with Crippen LogP contribution in [0.4, 0.5) is 4.79 Å². The van der Waals surface area contributed by atoms with Crippen molar-refractivity contribution in [1.82, 2.24) is 15.5 Å². The van der Waals surface area contributed by atoms with Crippen LogP contribution < -0.4 is 16.4 Å². The molecule has 1 aliphatic carbocycles. The van der Waals surface area contributed by atoms with E-state index in [1.54, 1.807) is 29.2 Å². The summed E-state index contributed by atoms with van der Waals surface area (Å²) >= 11 is 0. The summed E-state index contributed by atoms with van der Waals surface area (Å²) in [6, 6.07) is 6.35. The molecule has 2 rings (SSSR count). The lowest BCUT2D eigenvalue weighted by Gasteiger charge is -2.40. The molecule has 0 saturated heterocycles. The minimum atomic E-state index is -0.812. The van der Waals surface area contributed by atoms with Crippen LogP contribution in [0.15, 0.2) is 24.3 Å². The van der Waals surface area contributed by atoms with E-state index in [-0.39, 0.29) is 11.8 Å². The van der Waals surface area contributed by atoms with E-state index in [1.165, 1.54) is 0 Å². The van der Waals surface area contributed by atoms with Gasteiger partial charge in [0.05, 0.1) is 0 Å². The number of urea groups is 1. The Hall–Kier alpha value is -2.57. The lowest BCUT2D eigenvalue weighted by atomic mass is 9.80. The standard InChI is InChI=1S/C20H30N4O3/c1-3-24(4-2)18(26)20(12-6-5-7-13-20)23-17(25)16-10-8-15(9-11-16)14-22-19(21)27/h8-11H,3-7,12-14H2,1-2H3,(H,23,25)(H3,21,22,27). The highest BCUT2D eigenvalue weighted by Gasteiger charge is 2.42. The number of hydrogen-bond donors (Lipinski definition) is 3. The molecule has 1 fully saturated rings. The van der Waals surface area contributed by atoms with Gasteiger partial charge in [-0.05, 0) is 44.4 Å². The highest BCUT2D eigenvalue weighted by molar-refractivity contribution is 5.99. The van der Waals surface area contributed by atoms with Gasteiger partial charge in [0, 0.05) is 25.2 Å². The average Bonchev–Trinajstić information content (AvgIpc) is 2.68. The molecule has 7 heteroatoms. The van der Waals surface area contributed by atoms with Crippen LogP contribution in [0.3, 0.4) is 0 Å². The van der Waals surface area contributed by atoms with Crippen LogP contribution in [0.2, 0.25) is 0 Å². The molecule has 0 aliphatic heterocycles.